The Labute approximate surface area is 143 Å². The largest absolute Gasteiger partial charge is 0.307 e. The maximum Gasteiger partial charge on any atom is 0.249 e. The van der Waals surface area contributed by atoms with E-state index < -0.39 is 17.5 Å². The number of carbonyl (C=O) groups is 1. The summed E-state index contributed by atoms with van der Waals surface area (Å²) in [4.78, 5) is 12.0. The van der Waals surface area contributed by atoms with E-state index in [1.54, 1.807) is 16.9 Å². The van der Waals surface area contributed by atoms with Gasteiger partial charge in [-0.05, 0) is 23.8 Å². The van der Waals surface area contributed by atoms with Crippen LogP contribution in [0.25, 0.3) is 6.08 Å². The molecule has 1 amide bonds. The van der Waals surface area contributed by atoms with E-state index in [2.05, 4.69) is 10.4 Å². The van der Waals surface area contributed by atoms with Gasteiger partial charge in [-0.2, -0.15) is 5.10 Å². The highest BCUT2D eigenvalue weighted by molar-refractivity contribution is 6.01. The average Bonchev–Trinajstić information content (AvgIpc) is 3.02. The first-order chi connectivity index (χ1) is 12.1. The summed E-state index contributed by atoms with van der Waals surface area (Å²) in [5, 5.41) is 6.82. The van der Waals surface area contributed by atoms with Gasteiger partial charge in [0.25, 0.3) is 0 Å². The second-order valence-electron chi connectivity index (χ2n) is 5.32. The van der Waals surface area contributed by atoms with Gasteiger partial charge in [-0.3, -0.25) is 4.79 Å². The molecule has 4 nitrogen and oxygen atoms in total. The summed E-state index contributed by atoms with van der Waals surface area (Å²) in [6.45, 7) is 0.495. The number of hydrogen-bond acceptors (Lipinski definition) is 2. The van der Waals surface area contributed by atoms with E-state index in [1.807, 2.05) is 30.3 Å². The lowest BCUT2D eigenvalue weighted by molar-refractivity contribution is -0.111. The lowest BCUT2D eigenvalue weighted by Gasteiger charge is -2.08. The zero-order valence-corrected chi connectivity index (χ0v) is 13.2. The first-order valence-corrected chi connectivity index (χ1v) is 7.62. The molecule has 0 saturated carbocycles. The highest BCUT2D eigenvalue weighted by atomic mass is 19.1. The van der Waals surface area contributed by atoms with Crippen molar-refractivity contribution in [2.75, 3.05) is 5.32 Å². The van der Waals surface area contributed by atoms with Crippen LogP contribution < -0.4 is 5.32 Å². The van der Waals surface area contributed by atoms with Crippen LogP contribution in [-0.4, -0.2) is 15.7 Å². The fraction of sp³-hybridized carbons (Fsp3) is 0.0526. The van der Waals surface area contributed by atoms with Gasteiger partial charge < -0.3 is 5.32 Å². The Hall–Kier alpha value is -3.28. The van der Waals surface area contributed by atoms with Crippen LogP contribution in [0.15, 0.2) is 66.9 Å². The molecule has 0 aliphatic heterocycles. The van der Waals surface area contributed by atoms with Crippen molar-refractivity contribution < 1.29 is 13.6 Å². The van der Waals surface area contributed by atoms with Gasteiger partial charge in [0.2, 0.25) is 5.91 Å². The molecule has 0 unspecified atom stereocenters. The highest BCUT2D eigenvalue weighted by Crippen LogP contribution is 2.14. The summed E-state index contributed by atoms with van der Waals surface area (Å²) in [5.74, 6) is -1.46. The van der Waals surface area contributed by atoms with Gasteiger partial charge >= 0.3 is 0 Å². The molecule has 0 aliphatic rings. The van der Waals surface area contributed by atoms with Gasteiger partial charge in [0.1, 0.15) is 17.5 Å². The second kappa shape index (κ2) is 7.53. The van der Waals surface area contributed by atoms with Crippen LogP contribution in [-0.2, 0) is 11.3 Å². The summed E-state index contributed by atoms with van der Waals surface area (Å²) in [5.41, 5.74) is 0.779. The minimum atomic E-state index is -0.724. The van der Waals surface area contributed by atoms with Crippen LogP contribution >= 0.6 is 0 Å². The number of anilines is 1. The molecular weight excluding hydrogens is 324 g/mol. The number of benzene rings is 2. The molecule has 6 heteroatoms. The average molecular weight is 339 g/mol. The number of aromatic nitrogens is 2. The van der Waals surface area contributed by atoms with E-state index in [1.165, 1.54) is 6.07 Å². The Balaban J connectivity index is 1.70. The van der Waals surface area contributed by atoms with Crippen LogP contribution in [0.2, 0.25) is 0 Å². The van der Waals surface area contributed by atoms with Gasteiger partial charge in [0.05, 0.1) is 12.7 Å². The van der Waals surface area contributed by atoms with E-state index >= 15 is 0 Å². The minimum Gasteiger partial charge on any atom is -0.307 e. The number of nitrogens with zero attached hydrogens (tertiary/aromatic N) is 2. The Kier molecular flexibility index (Phi) is 4.99. The van der Waals surface area contributed by atoms with Crippen molar-refractivity contribution in [2.24, 2.45) is 0 Å². The zero-order valence-electron chi connectivity index (χ0n) is 13.2. The molecule has 0 saturated heterocycles. The third-order valence-electron chi connectivity index (χ3n) is 3.54. The highest BCUT2D eigenvalue weighted by Gasteiger charge is 2.08. The van der Waals surface area contributed by atoms with Crippen LogP contribution in [0.1, 0.15) is 11.1 Å². The van der Waals surface area contributed by atoms with Gasteiger partial charge in [-0.1, -0.05) is 36.4 Å². The third-order valence-corrected chi connectivity index (χ3v) is 3.54. The molecule has 0 atom stereocenters. The van der Waals surface area contributed by atoms with Crippen molar-refractivity contribution in [3.05, 3.63) is 89.6 Å². The van der Waals surface area contributed by atoms with E-state index in [-0.39, 0.29) is 5.56 Å². The van der Waals surface area contributed by atoms with Gasteiger partial charge in [0.15, 0.2) is 0 Å². The number of hydrogen-bond donors (Lipinski definition) is 1. The van der Waals surface area contributed by atoms with E-state index in [9.17, 15) is 13.6 Å². The van der Waals surface area contributed by atoms with Crippen LogP contribution in [0.3, 0.4) is 0 Å². The maximum atomic E-state index is 13.5. The molecule has 0 spiro atoms. The summed E-state index contributed by atoms with van der Waals surface area (Å²) in [7, 11) is 0. The molecule has 126 valence electrons. The van der Waals surface area contributed by atoms with E-state index in [4.69, 9.17) is 0 Å². The Morgan fingerprint density at radius 2 is 1.76 bits per heavy atom. The lowest BCUT2D eigenvalue weighted by atomic mass is 10.2. The number of carbonyl (C=O) groups excluding carboxylic acids is 1. The standard InChI is InChI=1S/C19H15F2N3O/c20-16-7-4-8-17(21)15(16)9-10-19(25)23-18-11-12-22-24(18)13-14-5-2-1-3-6-14/h1-12H,13H2,(H,23,25)/b10-9+. The van der Waals surface area contributed by atoms with Crippen molar-refractivity contribution in [3.8, 4) is 0 Å². The molecule has 3 rings (SSSR count). The molecular formula is C19H15F2N3O. The quantitative estimate of drug-likeness (QED) is 0.718. The van der Waals surface area contributed by atoms with Crippen molar-refractivity contribution in [1.29, 1.82) is 0 Å². The summed E-state index contributed by atoms with van der Waals surface area (Å²) >= 11 is 0. The Morgan fingerprint density at radius 3 is 2.48 bits per heavy atom. The van der Waals surface area contributed by atoms with Crippen molar-refractivity contribution in [1.82, 2.24) is 9.78 Å². The number of nitrogens with one attached hydrogen (secondary N) is 1. The lowest BCUT2D eigenvalue weighted by Crippen LogP contribution is -2.13. The number of amides is 1. The Bertz CT molecular complexity index is 884. The second-order valence-corrected chi connectivity index (χ2v) is 5.32. The summed E-state index contributed by atoms with van der Waals surface area (Å²) in [6, 6.07) is 14.9. The maximum absolute atomic E-state index is 13.5. The first-order valence-electron chi connectivity index (χ1n) is 7.62. The van der Waals surface area contributed by atoms with Crippen molar-refractivity contribution in [3.63, 3.8) is 0 Å². The third kappa shape index (κ3) is 4.17. The van der Waals surface area contributed by atoms with E-state index in [0.717, 1.165) is 29.8 Å². The first kappa shape index (κ1) is 16.6. The molecule has 3 aromatic rings. The molecule has 0 aliphatic carbocycles. The predicted octanol–water partition coefficient (Wildman–Crippen LogP) is 3.86. The molecule has 0 fully saturated rings. The molecule has 1 N–H and O–H groups in total. The fourth-order valence-corrected chi connectivity index (χ4v) is 2.32. The Morgan fingerprint density at radius 1 is 1.04 bits per heavy atom. The fourth-order valence-electron chi connectivity index (χ4n) is 2.32. The van der Waals surface area contributed by atoms with Crippen LogP contribution in [0.5, 0.6) is 0 Å². The molecule has 1 aromatic heterocycles. The normalized spacial score (nSPS) is 11.0. The van der Waals surface area contributed by atoms with Crippen molar-refractivity contribution >= 4 is 17.8 Å². The SMILES string of the molecule is O=C(/C=C/c1c(F)cccc1F)Nc1ccnn1Cc1ccccc1. The molecule has 25 heavy (non-hydrogen) atoms. The van der Waals surface area contributed by atoms with E-state index in [0.29, 0.717) is 12.4 Å². The van der Waals surface area contributed by atoms with Crippen LogP contribution in [0, 0.1) is 11.6 Å². The van der Waals surface area contributed by atoms with Gasteiger partial charge in [0, 0.05) is 17.7 Å². The summed E-state index contributed by atoms with van der Waals surface area (Å²) < 4.78 is 28.7. The minimum absolute atomic E-state index is 0.254. The molecule has 1 heterocycles. The van der Waals surface area contributed by atoms with Crippen LogP contribution in [0.4, 0.5) is 14.6 Å². The topological polar surface area (TPSA) is 46.9 Å². The van der Waals surface area contributed by atoms with Gasteiger partial charge in [-0.15, -0.1) is 0 Å². The molecule has 0 radical (unpaired) electrons. The summed E-state index contributed by atoms with van der Waals surface area (Å²) in [6.07, 6.45) is 3.76. The monoisotopic (exact) mass is 339 g/mol. The molecule has 2 aromatic carbocycles. The zero-order chi connectivity index (χ0) is 17.6. The van der Waals surface area contributed by atoms with Gasteiger partial charge in [-0.25, -0.2) is 13.5 Å². The van der Waals surface area contributed by atoms with Crippen molar-refractivity contribution in [2.45, 2.75) is 6.54 Å². The smallest absolute Gasteiger partial charge is 0.249 e. The predicted molar refractivity (Wildman–Crippen MR) is 91.8 cm³/mol. The number of rotatable bonds is 5. The number of halogens is 2. The molecule has 0 bridgehead atoms.